The van der Waals surface area contributed by atoms with E-state index >= 15 is 0 Å². The van der Waals surface area contributed by atoms with Crippen LogP contribution < -0.4 is 4.90 Å². The first-order valence-corrected chi connectivity index (χ1v) is 17.8. The second-order valence-corrected chi connectivity index (χ2v) is 13.3. The maximum Gasteiger partial charge on any atom is 0.136 e. The van der Waals surface area contributed by atoms with E-state index < -0.39 is 0 Å². The summed E-state index contributed by atoms with van der Waals surface area (Å²) in [5.74, 6) is 0. The summed E-state index contributed by atoms with van der Waals surface area (Å²) in [4.78, 5) is 2.36. The normalized spacial score (nSPS) is 11.5. The van der Waals surface area contributed by atoms with E-state index in [2.05, 4.69) is 199 Å². The number of furan rings is 1. The number of rotatable bonds is 6. The fourth-order valence-corrected chi connectivity index (χ4v) is 7.78. The quantitative estimate of drug-likeness (QED) is 0.165. The van der Waals surface area contributed by atoms with Gasteiger partial charge in [-0.05, 0) is 98.1 Å². The molecule has 10 aromatic rings. The van der Waals surface area contributed by atoms with Crippen LogP contribution in [0.3, 0.4) is 0 Å². The summed E-state index contributed by atoms with van der Waals surface area (Å²) in [6, 6.07) is 71.7. The standard InChI is InChI=1S/C50H33NO/c1-3-11-34(12-4-1)36-21-27-40(28-22-36)51(41-29-23-37(24-30-41)35-13-5-2-6-14-35)42-16-9-15-39(33-42)43-18-10-19-45-44(43)31-25-38-26-32-48-50(49(38)45)46-17-7-8-20-47(46)52-48/h1-33H. The van der Waals surface area contributed by atoms with E-state index in [1.807, 2.05) is 6.07 Å². The number of fused-ring (bicyclic) bond motifs is 7. The molecule has 0 aliphatic rings. The Labute approximate surface area is 302 Å². The molecule has 0 spiro atoms. The van der Waals surface area contributed by atoms with Crippen molar-refractivity contribution >= 4 is 60.5 Å². The number of para-hydroxylation sites is 1. The summed E-state index contributed by atoms with van der Waals surface area (Å²) in [6.07, 6.45) is 0. The summed E-state index contributed by atoms with van der Waals surface area (Å²) < 4.78 is 6.31. The lowest BCUT2D eigenvalue weighted by Crippen LogP contribution is -2.10. The van der Waals surface area contributed by atoms with E-state index in [4.69, 9.17) is 4.42 Å². The number of hydrogen-bond acceptors (Lipinski definition) is 2. The zero-order valence-electron chi connectivity index (χ0n) is 28.4. The molecular weight excluding hydrogens is 631 g/mol. The average Bonchev–Trinajstić information content (AvgIpc) is 3.61. The third-order valence-electron chi connectivity index (χ3n) is 10.3. The van der Waals surface area contributed by atoms with Crippen LogP contribution in [0, 0.1) is 0 Å². The lowest BCUT2D eigenvalue weighted by Gasteiger charge is -2.26. The van der Waals surface area contributed by atoms with Crippen molar-refractivity contribution in [3.8, 4) is 33.4 Å². The van der Waals surface area contributed by atoms with E-state index in [1.165, 1.54) is 60.3 Å². The van der Waals surface area contributed by atoms with Gasteiger partial charge in [0.05, 0.1) is 0 Å². The molecule has 0 aliphatic carbocycles. The van der Waals surface area contributed by atoms with Crippen molar-refractivity contribution in [1.82, 2.24) is 0 Å². The van der Waals surface area contributed by atoms with Gasteiger partial charge in [-0.1, -0.05) is 152 Å². The molecule has 0 fully saturated rings. The van der Waals surface area contributed by atoms with Crippen LogP contribution in [-0.2, 0) is 0 Å². The van der Waals surface area contributed by atoms with Crippen molar-refractivity contribution in [2.45, 2.75) is 0 Å². The molecule has 1 aromatic heterocycles. The highest BCUT2D eigenvalue weighted by Crippen LogP contribution is 2.42. The van der Waals surface area contributed by atoms with Gasteiger partial charge in [0.15, 0.2) is 0 Å². The Morgan fingerprint density at radius 2 is 0.865 bits per heavy atom. The Bertz CT molecular complexity index is 2790. The first-order chi connectivity index (χ1) is 25.8. The number of anilines is 3. The second kappa shape index (κ2) is 12.5. The van der Waals surface area contributed by atoms with Crippen LogP contribution in [0.4, 0.5) is 17.1 Å². The fraction of sp³-hybridized carbons (Fsp3) is 0. The van der Waals surface area contributed by atoms with Crippen molar-refractivity contribution in [3.05, 3.63) is 200 Å². The largest absolute Gasteiger partial charge is 0.456 e. The van der Waals surface area contributed by atoms with Crippen molar-refractivity contribution in [2.75, 3.05) is 4.90 Å². The minimum absolute atomic E-state index is 0.916. The molecule has 2 heteroatoms. The summed E-state index contributed by atoms with van der Waals surface area (Å²) in [5.41, 5.74) is 12.3. The first kappa shape index (κ1) is 30.0. The fourth-order valence-electron chi connectivity index (χ4n) is 7.78. The van der Waals surface area contributed by atoms with Crippen molar-refractivity contribution in [3.63, 3.8) is 0 Å². The molecule has 0 bridgehead atoms. The molecule has 0 saturated heterocycles. The van der Waals surface area contributed by atoms with Gasteiger partial charge in [0.25, 0.3) is 0 Å². The molecule has 10 rings (SSSR count). The van der Waals surface area contributed by atoms with Crippen molar-refractivity contribution in [2.24, 2.45) is 0 Å². The number of benzene rings is 9. The van der Waals surface area contributed by atoms with E-state index in [1.54, 1.807) is 0 Å². The molecular formula is C50H33NO. The van der Waals surface area contributed by atoms with Gasteiger partial charge < -0.3 is 9.32 Å². The van der Waals surface area contributed by atoms with Gasteiger partial charge in [0.1, 0.15) is 11.2 Å². The topological polar surface area (TPSA) is 16.4 Å². The van der Waals surface area contributed by atoms with Gasteiger partial charge in [-0.3, -0.25) is 0 Å². The number of hydrogen-bond donors (Lipinski definition) is 0. The molecule has 0 saturated carbocycles. The molecule has 9 aromatic carbocycles. The summed E-state index contributed by atoms with van der Waals surface area (Å²) in [7, 11) is 0. The Hall–Kier alpha value is -6.90. The van der Waals surface area contributed by atoms with Crippen molar-refractivity contribution in [1.29, 1.82) is 0 Å². The van der Waals surface area contributed by atoms with Crippen molar-refractivity contribution < 1.29 is 4.42 Å². The summed E-state index contributed by atoms with van der Waals surface area (Å²) in [5, 5.41) is 7.21. The molecule has 0 unspecified atom stereocenters. The van der Waals surface area contributed by atoms with Gasteiger partial charge in [0, 0.05) is 33.2 Å². The molecule has 52 heavy (non-hydrogen) atoms. The van der Waals surface area contributed by atoms with Crippen LogP contribution in [0.25, 0.3) is 76.9 Å². The zero-order valence-corrected chi connectivity index (χ0v) is 28.4. The monoisotopic (exact) mass is 663 g/mol. The van der Waals surface area contributed by atoms with Gasteiger partial charge >= 0.3 is 0 Å². The van der Waals surface area contributed by atoms with Crippen LogP contribution in [0.1, 0.15) is 0 Å². The maximum atomic E-state index is 6.31. The Kier molecular flexibility index (Phi) is 7.18. The lowest BCUT2D eigenvalue weighted by molar-refractivity contribution is 0.669. The average molecular weight is 664 g/mol. The Balaban J connectivity index is 1.12. The first-order valence-electron chi connectivity index (χ1n) is 17.8. The van der Waals surface area contributed by atoms with Crippen LogP contribution >= 0.6 is 0 Å². The zero-order chi connectivity index (χ0) is 34.4. The van der Waals surface area contributed by atoms with E-state index in [-0.39, 0.29) is 0 Å². The van der Waals surface area contributed by atoms with E-state index in [0.29, 0.717) is 0 Å². The minimum atomic E-state index is 0.916. The molecule has 2 nitrogen and oxygen atoms in total. The Morgan fingerprint density at radius 3 is 1.56 bits per heavy atom. The Morgan fingerprint density at radius 1 is 0.308 bits per heavy atom. The molecule has 0 atom stereocenters. The third-order valence-corrected chi connectivity index (χ3v) is 10.3. The molecule has 0 aliphatic heterocycles. The lowest BCUT2D eigenvalue weighted by atomic mass is 9.92. The minimum Gasteiger partial charge on any atom is -0.456 e. The predicted octanol–water partition coefficient (Wildman–Crippen LogP) is 14.4. The third kappa shape index (κ3) is 5.12. The van der Waals surface area contributed by atoms with Crippen LogP contribution in [0.2, 0.25) is 0 Å². The summed E-state index contributed by atoms with van der Waals surface area (Å²) >= 11 is 0. The molecule has 0 N–H and O–H groups in total. The van der Waals surface area contributed by atoms with Crippen LogP contribution in [0.5, 0.6) is 0 Å². The van der Waals surface area contributed by atoms with Gasteiger partial charge in [0.2, 0.25) is 0 Å². The van der Waals surface area contributed by atoms with Crippen LogP contribution in [0.15, 0.2) is 205 Å². The highest BCUT2D eigenvalue weighted by Gasteiger charge is 2.17. The molecule has 0 radical (unpaired) electrons. The van der Waals surface area contributed by atoms with Gasteiger partial charge in [-0.2, -0.15) is 0 Å². The number of nitrogens with zero attached hydrogens (tertiary/aromatic N) is 1. The van der Waals surface area contributed by atoms with Gasteiger partial charge in [-0.15, -0.1) is 0 Å². The SMILES string of the molecule is c1ccc(-c2ccc(N(c3ccc(-c4ccccc4)cc3)c3cccc(-c4cccc5c4ccc4ccc6oc7ccccc7c6c45)c3)cc2)cc1. The summed E-state index contributed by atoms with van der Waals surface area (Å²) in [6.45, 7) is 0. The predicted molar refractivity (Wildman–Crippen MR) is 220 cm³/mol. The van der Waals surface area contributed by atoms with Crippen LogP contribution in [-0.4, -0.2) is 0 Å². The highest BCUT2D eigenvalue weighted by atomic mass is 16.3. The molecule has 244 valence electrons. The molecule has 1 heterocycles. The highest BCUT2D eigenvalue weighted by molar-refractivity contribution is 6.27. The smallest absolute Gasteiger partial charge is 0.136 e. The second-order valence-electron chi connectivity index (χ2n) is 13.3. The van der Waals surface area contributed by atoms with Gasteiger partial charge in [-0.25, -0.2) is 0 Å². The van der Waals surface area contributed by atoms with E-state index in [9.17, 15) is 0 Å². The van der Waals surface area contributed by atoms with E-state index in [0.717, 1.165) is 33.6 Å². The molecule has 0 amide bonds. The maximum absolute atomic E-state index is 6.31.